The Bertz CT molecular complexity index is 536. The lowest BCUT2D eigenvalue weighted by Gasteiger charge is -1.95. The number of thioether (sulfide) groups is 1. The van der Waals surface area contributed by atoms with Crippen LogP contribution in [0.5, 0.6) is 0 Å². The van der Waals surface area contributed by atoms with Crippen molar-refractivity contribution >= 4 is 23.4 Å². The van der Waals surface area contributed by atoms with Gasteiger partial charge in [-0.1, -0.05) is 6.07 Å². The van der Waals surface area contributed by atoms with Gasteiger partial charge in [0.15, 0.2) is 0 Å². The molecule has 0 radical (unpaired) electrons. The van der Waals surface area contributed by atoms with Crippen molar-refractivity contribution in [1.82, 2.24) is 9.38 Å². The first-order valence-electron chi connectivity index (χ1n) is 5.39. The molecule has 2 heterocycles. The lowest BCUT2D eigenvalue weighted by Crippen LogP contribution is -1.96. The number of carboxylic acid groups (broad SMARTS) is 1. The average molecular weight is 250 g/mol. The lowest BCUT2D eigenvalue weighted by atomic mass is 10.3. The maximum Gasteiger partial charge on any atom is 0.304 e. The standard InChI is InChI=1S/C12H14N2O2S/c1-9-3-2-5-14-7-10(13-12(9)14)8-17-6-4-11(15)16/h2-3,5,7H,4,6,8H2,1H3,(H,15,16). The highest BCUT2D eigenvalue weighted by atomic mass is 32.2. The van der Waals surface area contributed by atoms with Gasteiger partial charge >= 0.3 is 5.97 Å². The van der Waals surface area contributed by atoms with Crippen molar-refractivity contribution in [2.24, 2.45) is 0 Å². The molecule has 0 aliphatic carbocycles. The van der Waals surface area contributed by atoms with Gasteiger partial charge in [0.2, 0.25) is 0 Å². The van der Waals surface area contributed by atoms with E-state index >= 15 is 0 Å². The SMILES string of the molecule is Cc1cccn2cc(CSCCC(=O)O)nc12. The second-order valence-electron chi connectivity index (χ2n) is 3.85. The van der Waals surface area contributed by atoms with Crippen LogP contribution < -0.4 is 0 Å². The van der Waals surface area contributed by atoms with Gasteiger partial charge < -0.3 is 9.51 Å². The molecule has 0 aliphatic rings. The molecule has 0 fully saturated rings. The van der Waals surface area contributed by atoms with Crippen LogP contribution in [0.25, 0.3) is 5.65 Å². The van der Waals surface area contributed by atoms with E-state index in [-0.39, 0.29) is 6.42 Å². The third-order valence-electron chi connectivity index (χ3n) is 2.44. The van der Waals surface area contributed by atoms with Crippen LogP contribution in [0.2, 0.25) is 0 Å². The summed E-state index contributed by atoms with van der Waals surface area (Å²) in [5.74, 6) is 0.639. The molecule has 17 heavy (non-hydrogen) atoms. The van der Waals surface area contributed by atoms with Crippen LogP contribution in [0.3, 0.4) is 0 Å². The zero-order valence-electron chi connectivity index (χ0n) is 9.59. The third-order valence-corrected chi connectivity index (χ3v) is 3.43. The highest BCUT2D eigenvalue weighted by molar-refractivity contribution is 7.98. The molecular formula is C12H14N2O2S. The first-order chi connectivity index (χ1) is 8.16. The van der Waals surface area contributed by atoms with Gasteiger partial charge in [-0.2, -0.15) is 11.8 Å². The topological polar surface area (TPSA) is 54.6 Å². The van der Waals surface area contributed by atoms with Crippen LogP contribution in [-0.4, -0.2) is 26.2 Å². The summed E-state index contributed by atoms with van der Waals surface area (Å²) >= 11 is 1.60. The van der Waals surface area contributed by atoms with Gasteiger partial charge in [-0.25, -0.2) is 4.98 Å². The molecule has 0 saturated carbocycles. The molecule has 0 bridgehead atoms. The zero-order valence-corrected chi connectivity index (χ0v) is 10.4. The van der Waals surface area contributed by atoms with Crippen molar-refractivity contribution in [2.45, 2.75) is 19.1 Å². The summed E-state index contributed by atoms with van der Waals surface area (Å²) in [5, 5.41) is 8.53. The molecule has 0 spiro atoms. The van der Waals surface area contributed by atoms with Gasteiger partial charge in [0.05, 0.1) is 12.1 Å². The van der Waals surface area contributed by atoms with Crippen LogP contribution in [0.1, 0.15) is 17.7 Å². The van der Waals surface area contributed by atoms with Crippen LogP contribution in [0.4, 0.5) is 0 Å². The highest BCUT2D eigenvalue weighted by Gasteiger charge is 2.04. The highest BCUT2D eigenvalue weighted by Crippen LogP contribution is 2.15. The lowest BCUT2D eigenvalue weighted by molar-refractivity contribution is -0.136. The number of aliphatic carboxylic acids is 1. The monoisotopic (exact) mass is 250 g/mol. The number of hydrogen-bond donors (Lipinski definition) is 1. The number of aryl methyl sites for hydroxylation is 1. The molecule has 1 N–H and O–H groups in total. The Kier molecular flexibility index (Phi) is 3.68. The number of carboxylic acids is 1. The van der Waals surface area contributed by atoms with Gasteiger partial charge in [0.1, 0.15) is 5.65 Å². The molecule has 0 amide bonds. The van der Waals surface area contributed by atoms with E-state index < -0.39 is 5.97 Å². The van der Waals surface area contributed by atoms with Gasteiger partial charge in [-0.15, -0.1) is 0 Å². The fourth-order valence-corrected chi connectivity index (χ4v) is 2.42. The van der Waals surface area contributed by atoms with E-state index in [9.17, 15) is 4.79 Å². The minimum absolute atomic E-state index is 0.205. The molecule has 0 atom stereocenters. The summed E-state index contributed by atoms with van der Waals surface area (Å²) in [5.41, 5.74) is 3.12. The smallest absolute Gasteiger partial charge is 0.304 e. The fourth-order valence-electron chi connectivity index (χ4n) is 1.61. The Morgan fingerprint density at radius 1 is 1.59 bits per heavy atom. The van der Waals surface area contributed by atoms with E-state index in [1.165, 1.54) is 0 Å². The first kappa shape index (κ1) is 12.0. The Morgan fingerprint density at radius 2 is 2.41 bits per heavy atom. The van der Waals surface area contributed by atoms with E-state index in [2.05, 4.69) is 4.98 Å². The van der Waals surface area contributed by atoms with Gasteiger partial charge in [0.25, 0.3) is 0 Å². The summed E-state index contributed by atoms with van der Waals surface area (Å²) in [6.45, 7) is 2.03. The number of nitrogens with zero attached hydrogens (tertiary/aromatic N) is 2. The number of aromatic nitrogens is 2. The number of imidazole rings is 1. The van der Waals surface area contributed by atoms with E-state index in [1.54, 1.807) is 11.8 Å². The summed E-state index contributed by atoms with van der Waals surface area (Å²) < 4.78 is 2.00. The van der Waals surface area contributed by atoms with E-state index in [1.807, 2.05) is 35.9 Å². The second-order valence-corrected chi connectivity index (χ2v) is 4.96. The number of fused-ring (bicyclic) bond motifs is 1. The van der Waals surface area contributed by atoms with Crippen molar-refractivity contribution in [1.29, 1.82) is 0 Å². The maximum absolute atomic E-state index is 10.4. The van der Waals surface area contributed by atoms with Crippen LogP contribution in [-0.2, 0) is 10.5 Å². The molecule has 2 rings (SSSR count). The summed E-state index contributed by atoms with van der Waals surface area (Å²) in [6, 6.07) is 4.02. The van der Waals surface area contributed by atoms with Crippen molar-refractivity contribution in [2.75, 3.05) is 5.75 Å². The third kappa shape index (κ3) is 3.00. The fraction of sp³-hybridized carbons (Fsp3) is 0.333. The van der Waals surface area contributed by atoms with E-state index in [0.717, 1.165) is 22.7 Å². The molecule has 0 saturated heterocycles. The Balaban J connectivity index is 2.00. The summed E-state index contributed by atoms with van der Waals surface area (Å²) in [6.07, 6.45) is 4.17. The van der Waals surface area contributed by atoms with Crippen LogP contribution in [0.15, 0.2) is 24.5 Å². The normalized spacial score (nSPS) is 10.9. The number of pyridine rings is 1. The Morgan fingerprint density at radius 3 is 3.12 bits per heavy atom. The van der Waals surface area contributed by atoms with E-state index in [4.69, 9.17) is 5.11 Å². The molecular weight excluding hydrogens is 236 g/mol. The summed E-state index contributed by atoms with van der Waals surface area (Å²) in [7, 11) is 0. The predicted octanol–water partition coefficient (Wildman–Crippen LogP) is 2.35. The molecule has 90 valence electrons. The Labute approximate surface area is 104 Å². The van der Waals surface area contributed by atoms with Crippen molar-refractivity contribution in [3.8, 4) is 0 Å². The number of carbonyl (C=O) groups is 1. The van der Waals surface area contributed by atoms with Crippen LogP contribution in [0, 0.1) is 6.92 Å². The minimum atomic E-state index is -0.747. The molecule has 0 aromatic carbocycles. The second kappa shape index (κ2) is 5.23. The van der Waals surface area contributed by atoms with Gasteiger partial charge in [-0.3, -0.25) is 4.79 Å². The van der Waals surface area contributed by atoms with Crippen molar-refractivity contribution in [3.05, 3.63) is 35.8 Å². The minimum Gasteiger partial charge on any atom is -0.481 e. The quantitative estimate of drug-likeness (QED) is 0.828. The molecule has 0 unspecified atom stereocenters. The molecule has 0 aliphatic heterocycles. The zero-order chi connectivity index (χ0) is 12.3. The maximum atomic E-state index is 10.4. The molecule has 2 aromatic heterocycles. The van der Waals surface area contributed by atoms with Gasteiger partial charge in [0, 0.05) is 23.9 Å². The number of hydrogen-bond acceptors (Lipinski definition) is 3. The number of rotatable bonds is 5. The Hall–Kier alpha value is -1.49. The van der Waals surface area contributed by atoms with E-state index in [0.29, 0.717) is 5.75 Å². The van der Waals surface area contributed by atoms with Gasteiger partial charge in [-0.05, 0) is 18.6 Å². The van der Waals surface area contributed by atoms with Crippen molar-refractivity contribution < 1.29 is 9.90 Å². The molecule has 5 heteroatoms. The largest absolute Gasteiger partial charge is 0.481 e. The first-order valence-corrected chi connectivity index (χ1v) is 6.55. The predicted molar refractivity (Wildman–Crippen MR) is 68.3 cm³/mol. The average Bonchev–Trinajstić information content (AvgIpc) is 2.69. The summed E-state index contributed by atoms with van der Waals surface area (Å²) in [4.78, 5) is 14.9. The van der Waals surface area contributed by atoms with Crippen molar-refractivity contribution in [3.63, 3.8) is 0 Å². The van der Waals surface area contributed by atoms with Crippen LogP contribution >= 0.6 is 11.8 Å². The molecule has 2 aromatic rings. The molecule has 4 nitrogen and oxygen atoms in total.